The summed E-state index contributed by atoms with van der Waals surface area (Å²) in [4.78, 5) is 24.8. The topological polar surface area (TPSA) is 79.5 Å². The van der Waals surface area contributed by atoms with Gasteiger partial charge in [-0.15, -0.1) is 0 Å². The molecule has 0 aliphatic rings. The minimum absolute atomic E-state index is 0.0872. The highest BCUT2D eigenvalue weighted by Crippen LogP contribution is 2.18. The van der Waals surface area contributed by atoms with Crippen LogP contribution in [0.25, 0.3) is 0 Å². The van der Waals surface area contributed by atoms with E-state index in [0.717, 1.165) is 23.4 Å². The Balaban J connectivity index is 1.46. The van der Waals surface area contributed by atoms with Crippen LogP contribution in [-0.2, 0) is 4.79 Å². The fraction of sp³-hybridized carbons (Fsp3) is 0.259. The fourth-order valence-corrected chi connectivity index (χ4v) is 3.16. The lowest BCUT2D eigenvalue weighted by Crippen LogP contribution is -2.26. The number of carbonyl (C=O) groups is 2. The molecule has 6 nitrogen and oxygen atoms in total. The van der Waals surface area contributed by atoms with E-state index in [4.69, 9.17) is 4.74 Å². The van der Waals surface area contributed by atoms with E-state index < -0.39 is 0 Å². The second-order valence-corrected chi connectivity index (χ2v) is 7.95. The zero-order valence-electron chi connectivity index (χ0n) is 19.3. The van der Waals surface area contributed by atoms with Gasteiger partial charge in [0.05, 0.1) is 18.7 Å². The summed E-state index contributed by atoms with van der Waals surface area (Å²) in [5.74, 6) is 0.475. The van der Waals surface area contributed by atoms with Gasteiger partial charge >= 0.3 is 0 Å². The van der Waals surface area contributed by atoms with Gasteiger partial charge in [-0.25, -0.2) is 0 Å². The SMILES string of the molecule is CCC(C)Oc1ccc(NC(=O)CNc2ccc(C(=O)NC(C)c3ccccc3)cc2)cc1. The van der Waals surface area contributed by atoms with Gasteiger partial charge in [-0.3, -0.25) is 9.59 Å². The number of nitrogens with one attached hydrogen (secondary N) is 3. The van der Waals surface area contributed by atoms with Crippen molar-refractivity contribution in [2.24, 2.45) is 0 Å². The molecule has 0 aliphatic carbocycles. The molecule has 0 radical (unpaired) electrons. The Morgan fingerprint density at radius 3 is 2.12 bits per heavy atom. The van der Waals surface area contributed by atoms with Crippen molar-refractivity contribution in [3.8, 4) is 5.75 Å². The molecule has 3 rings (SSSR count). The summed E-state index contributed by atoms with van der Waals surface area (Å²) in [7, 11) is 0. The van der Waals surface area contributed by atoms with Gasteiger partial charge in [0.2, 0.25) is 5.91 Å². The van der Waals surface area contributed by atoms with Gasteiger partial charge in [-0.05, 0) is 74.4 Å². The molecule has 0 aromatic heterocycles. The second-order valence-electron chi connectivity index (χ2n) is 7.95. The fourth-order valence-electron chi connectivity index (χ4n) is 3.16. The van der Waals surface area contributed by atoms with Crippen molar-refractivity contribution in [1.29, 1.82) is 0 Å². The maximum absolute atomic E-state index is 12.5. The summed E-state index contributed by atoms with van der Waals surface area (Å²) >= 11 is 0. The molecule has 0 saturated carbocycles. The highest BCUT2D eigenvalue weighted by Gasteiger charge is 2.11. The first-order valence-corrected chi connectivity index (χ1v) is 11.2. The van der Waals surface area contributed by atoms with Crippen LogP contribution in [0.4, 0.5) is 11.4 Å². The Morgan fingerprint density at radius 2 is 1.48 bits per heavy atom. The molecule has 3 N–H and O–H groups in total. The van der Waals surface area contributed by atoms with Crippen molar-refractivity contribution >= 4 is 23.2 Å². The van der Waals surface area contributed by atoms with Gasteiger partial charge in [-0.1, -0.05) is 37.3 Å². The zero-order chi connectivity index (χ0) is 23.6. The summed E-state index contributed by atoms with van der Waals surface area (Å²) in [6.07, 6.45) is 1.09. The highest BCUT2D eigenvalue weighted by atomic mass is 16.5. The summed E-state index contributed by atoms with van der Waals surface area (Å²) in [5.41, 5.74) is 3.08. The number of anilines is 2. The summed E-state index contributed by atoms with van der Waals surface area (Å²) in [6, 6.07) is 24.1. The van der Waals surface area contributed by atoms with E-state index in [1.807, 2.05) is 68.4 Å². The van der Waals surface area contributed by atoms with E-state index in [0.29, 0.717) is 11.3 Å². The molecule has 0 heterocycles. The molecule has 3 aromatic carbocycles. The van der Waals surface area contributed by atoms with Gasteiger partial charge in [0.25, 0.3) is 5.91 Å². The quantitative estimate of drug-likeness (QED) is 0.390. The Kier molecular flexibility index (Phi) is 8.47. The first-order chi connectivity index (χ1) is 15.9. The Labute approximate surface area is 195 Å². The molecule has 3 aromatic rings. The van der Waals surface area contributed by atoms with Crippen LogP contribution in [-0.4, -0.2) is 24.5 Å². The van der Waals surface area contributed by atoms with E-state index >= 15 is 0 Å². The Hall–Kier alpha value is -3.80. The number of rotatable bonds is 10. The number of hydrogen-bond acceptors (Lipinski definition) is 4. The lowest BCUT2D eigenvalue weighted by Gasteiger charge is -2.14. The van der Waals surface area contributed by atoms with E-state index in [9.17, 15) is 9.59 Å². The van der Waals surface area contributed by atoms with Crippen molar-refractivity contribution in [3.05, 3.63) is 90.0 Å². The molecule has 0 aliphatic heterocycles. The second kappa shape index (κ2) is 11.7. The number of hydrogen-bond donors (Lipinski definition) is 3. The van der Waals surface area contributed by atoms with Crippen LogP contribution in [0.3, 0.4) is 0 Å². The van der Waals surface area contributed by atoms with Gasteiger partial charge < -0.3 is 20.7 Å². The molecule has 0 fully saturated rings. The third kappa shape index (κ3) is 7.38. The summed E-state index contributed by atoms with van der Waals surface area (Å²) in [6.45, 7) is 6.16. The van der Waals surface area contributed by atoms with Crippen molar-refractivity contribution in [3.63, 3.8) is 0 Å². The summed E-state index contributed by atoms with van der Waals surface area (Å²) < 4.78 is 5.75. The monoisotopic (exact) mass is 445 g/mol. The van der Waals surface area contributed by atoms with E-state index in [2.05, 4.69) is 22.9 Å². The first kappa shape index (κ1) is 23.9. The van der Waals surface area contributed by atoms with Crippen molar-refractivity contribution in [2.75, 3.05) is 17.2 Å². The molecule has 172 valence electrons. The van der Waals surface area contributed by atoms with Crippen LogP contribution in [0, 0.1) is 0 Å². The molecular weight excluding hydrogens is 414 g/mol. The van der Waals surface area contributed by atoms with Crippen LogP contribution in [0.2, 0.25) is 0 Å². The van der Waals surface area contributed by atoms with Crippen LogP contribution >= 0.6 is 0 Å². The molecule has 2 atom stereocenters. The third-order valence-electron chi connectivity index (χ3n) is 5.30. The third-order valence-corrected chi connectivity index (χ3v) is 5.30. The predicted octanol–water partition coefficient (Wildman–Crippen LogP) is 5.41. The maximum Gasteiger partial charge on any atom is 0.251 e. The average Bonchev–Trinajstić information content (AvgIpc) is 2.84. The largest absolute Gasteiger partial charge is 0.491 e. The predicted molar refractivity (Wildman–Crippen MR) is 133 cm³/mol. The normalized spacial score (nSPS) is 12.3. The molecule has 0 bridgehead atoms. The zero-order valence-corrected chi connectivity index (χ0v) is 19.3. The van der Waals surface area contributed by atoms with E-state index in [1.165, 1.54) is 0 Å². The van der Waals surface area contributed by atoms with E-state index in [-0.39, 0.29) is 30.5 Å². The first-order valence-electron chi connectivity index (χ1n) is 11.2. The smallest absolute Gasteiger partial charge is 0.251 e. The Morgan fingerprint density at radius 1 is 0.848 bits per heavy atom. The molecule has 0 saturated heterocycles. The molecule has 6 heteroatoms. The van der Waals surface area contributed by atoms with Crippen molar-refractivity contribution in [1.82, 2.24) is 5.32 Å². The molecule has 2 unspecified atom stereocenters. The van der Waals surface area contributed by atoms with Crippen LogP contribution in [0.1, 0.15) is 49.2 Å². The molecular formula is C27H31N3O3. The van der Waals surface area contributed by atoms with E-state index in [1.54, 1.807) is 24.3 Å². The van der Waals surface area contributed by atoms with Crippen molar-refractivity contribution < 1.29 is 14.3 Å². The minimum Gasteiger partial charge on any atom is -0.491 e. The van der Waals surface area contributed by atoms with Gasteiger partial charge in [-0.2, -0.15) is 0 Å². The Bertz CT molecular complexity index is 1030. The van der Waals surface area contributed by atoms with Crippen molar-refractivity contribution in [2.45, 2.75) is 39.3 Å². The number of carbonyl (C=O) groups excluding carboxylic acids is 2. The van der Waals surface area contributed by atoms with Crippen LogP contribution in [0.5, 0.6) is 5.75 Å². The minimum atomic E-state index is -0.163. The average molecular weight is 446 g/mol. The number of amides is 2. The van der Waals surface area contributed by atoms with Gasteiger partial charge in [0.15, 0.2) is 0 Å². The summed E-state index contributed by atoms with van der Waals surface area (Å²) in [5, 5.41) is 8.92. The molecule has 0 spiro atoms. The lowest BCUT2D eigenvalue weighted by atomic mass is 10.1. The molecule has 2 amide bonds. The standard InChI is InChI=1S/C27H31N3O3/c1-4-19(2)33-25-16-14-24(15-17-25)30-26(31)18-28-23-12-10-22(11-13-23)27(32)29-20(3)21-8-6-5-7-9-21/h5-17,19-20,28H,4,18H2,1-3H3,(H,29,32)(H,30,31). The maximum atomic E-state index is 12.5. The lowest BCUT2D eigenvalue weighted by molar-refractivity contribution is -0.114. The molecule has 33 heavy (non-hydrogen) atoms. The van der Waals surface area contributed by atoms with Crippen LogP contribution < -0.4 is 20.7 Å². The van der Waals surface area contributed by atoms with Crippen LogP contribution in [0.15, 0.2) is 78.9 Å². The number of ether oxygens (including phenoxy) is 1. The van der Waals surface area contributed by atoms with Gasteiger partial charge in [0, 0.05) is 16.9 Å². The number of benzene rings is 3. The van der Waals surface area contributed by atoms with Gasteiger partial charge in [0.1, 0.15) is 5.75 Å². The highest BCUT2D eigenvalue weighted by molar-refractivity contribution is 5.95.